The van der Waals surface area contributed by atoms with E-state index in [0.717, 1.165) is 31.9 Å². The van der Waals surface area contributed by atoms with E-state index < -0.39 is 11.6 Å². The fourth-order valence-electron chi connectivity index (χ4n) is 4.65. The van der Waals surface area contributed by atoms with Crippen molar-refractivity contribution in [2.75, 3.05) is 19.8 Å². The smallest absolute Gasteiger partial charge is 0.256 e. The minimum atomic E-state index is -0.733. The highest BCUT2D eigenvalue weighted by atomic mass is 19.1. The first kappa shape index (κ1) is 22.1. The van der Waals surface area contributed by atoms with Crippen molar-refractivity contribution in [1.29, 1.82) is 0 Å². The normalized spacial score (nSPS) is 24.4. The lowest BCUT2D eigenvalue weighted by Gasteiger charge is -2.32. The van der Waals surface area contributed by atoms with Gasteiger partial charge in [0.25, 0.3) is 5.56 Å². The van der Waals surface area contributed by atoms with Crippen molar-refractivity contribution in [3.8, 4) is 11.3 Å². The summed E-state index contributed by atoms with van der Waals surface area (Å²) >= 11 is 0. The summed E-state index contributed by atoms with van der Waals surface area (Å²) in [6, 6.07) is 5.09. The molecule has 0 aliphatic carbocycles. The standard InChI is InChI=1S/C24H25F2N3O4/c25-16-1-2-17(19(26)8-16)21-9-20(14-4-6-33-23(7-14)15-3-5-31-10-15)27-13-28-24(30)18-11-32-12-22(18)29-21/h1-2,8-9,13-15,23H,3-7,10-12H2,(H,27,28,30). The molecule has 0 saturated carbocycles. The van der Waals surface area contributed by atoms with Gasteiger partial charge in [0, 0.05) is 42.4 Å². The molecular formula is C24H25F2N3O4. The van der Waals surface area contributed by atoms with Crippen molar-refractivity contribution in [3.63, 3.8) is 0 Å². The number of aromatic amines is 1. The van der Waals surface area contributed by atoms with E-state index >= 15 is 0 Å². The largest absolute Gasteiger partial charge is 0.381 e. The Hall–Kier alpha value is -2.75. The molecule has 2 fully saturated rings. The number of rotatable bonds is 3. The summed E-state index contributed by atoms with van der Waals surface area (Å²) in [6.45, 7) is 2.24. The molecule has 1 aromatic carbocycles. The summed E-state index contributed by atoms with van der Waals surface area (Å²) in [4.78, 5) is 24.4. The van der Waals surface area contributed by atoms with Crippen molar-refractivity contribution in [2.24, 2.45) is 5.92 Å². The Morgan fingerprint density at radius 2 is 1.97 bits per heavy atom. The molecule has 1 N–H and O–H groups in total. The van der Waals surface area contributed by atoms with Gasteiger partial charge in [-0.25, -0.2) is 18.7 Å². The maximum Gasteiger partial charge on any atom is 0.256 e. The van der Waals surface area contributed by atoms with Crippen molar-refractivity contribution in [3.05, 3.63) is 69.5 Å². The van der Waals surface area contributed by atoms with Gasteiger partial charge in [0.2, 0.25) is 0 Å². The maximum absolute atomic E-state index is 14.8. The van der Waals surface area contributed by atoms with Gasteiger partial charge < -0.3 is 19.2 Å². The van der Waals surface area contributed by atoms with Gasteiger partial charge in [-0.05, 0) is 37.5 Å². The van der Waals surface area contributed by atoms with E-state index in [4.69, 9.17) is 14.2 Å². The molecular weight excluding hydrogens is 432 g/mol. The minimum absolute atomic E-state index is 0.0268. The first-order valence-electron chi connectivity index (χ1n) is 11.2. The first-order chi connectivity index (χ1) is 16.1. The monoisotopic (exact) mass is 457 g/mol. The third kappa shape index (κ3) is 4.80. The second-order valence-corrected chi connectivity index (χ2v) is 8.59. The van der Waals surface area contributed by atoms with Crippen LogP contribution in [0.4, 0.5) is 8.78 Å². The Bertz CT molecular complexity index is 1150. The molecule has 2 aromatic rings. The van der Waals surface area contributed by atoms with E-state index in [9.17, 15) is 13.6 Å². The van der Waals surface area contributed by atoms with Crippen LogP contribution in [0.3, 0.4) is 0 Å². The van der Waals surface area contributed by atoms with E-state index in [0.29, 0.717) is 36.1 Å². The molecule has 0 amide bonds. The van der Waals surface area contributed by atoms with Crippen LogP contribution in [-0.4, -0.2) is 40.9 Å². The van der Waals surface area contributed by atoms with E-state index in [-0.39, 0.29) is 42.1 Å². The third-order valence-electron chi connectivity index (χ3n) is 6.49. The highest BCUT2D eigenvalue weighted by Gasteiger charge is 2.33. The fourth-order valence-corrected chi connectivity index (χ4v) is 4.65. The summed E-state index contributed by atoms with van der Waals surface area (Å²) in [5.74, 6) is -1.04. The molecule has 4 heterocycles. The number of halogens is 2. The topological polar surface area (TPSA) is 86.3 Å². The number of fused-ring (bicyclic) bond motifs is 1. The average Bonchev–Trinajstić information content (AvgIpc) is 3.50. The summed E-state index contributed by atoms with van der Waals surface area (Å²) in [7, 11) is 0. The summed E-state index contributed by atoms with van der Waals surface area (Å²) in [5, 5.41) is 0. The van der Waals surface area contributed by atoms with Crippen molar-refractivity contribution in [2.45, 2.75) is 44.5 Å². The van der Waals surface area contributed by atoms with E-state index in [1.165, 1.54) is 18.5 Å². The van der Waals surface area contributed by atoms with Gasteiger partial charge in [0.15, 0.2) is 0 Å². The first-order valence-corrected chi connectivity index (χ1v) is 11.2. The molecule has 3 atom stereocenters. The highest BCUT2D eigenvalue weighted by Crippen LogP contribution is 2.35. The predicted octanol–water partition coefficient (Wildman–Crippen LogP) is 3.56. The molecule has 0 radical (unpaired) electrons. The van der Waals surface area contributed by atoms with Crippen LogP contribution in [0.5, 0.6) is 0 Å². The lowest BCUT2D eigenvalue weighted by Crippen LogP contribution is -2.32. The number of H-pyrrole nitrogens is 1. The van der Waals surface area contributed by atoms with Gasteiger partial charge in [-0.15, -0.1) is 0 Å². The van der Waals surface area contributed by atoms with Crippen LogP contribution in [0.15, 0.2) is 35.4 Å². The Morgan fingerprint density at radius 3 is 2.79 bits per heavy atom. The van der Waals surface area contributed by atoms with Gasteiger partial charge in [-0.3, -0.25) is 4.79 Å². The molecule has 7 nitrogen and oxygen atoms in total. The maximum atomic E-state index is 14.8. The van der Waals surface area contributed by atoms with Crippen molar-refractivity contribution in [1.82, 2.24) is 15.0 Å². The molecule has 0 spiro atoms. The van der Waals surface area contributed by atoms with E-state index in [1.807, 2.05) is 0 Å². The van der Waals surface area contributed by atoms with Gasteiger partial charge in [-0.2, -0.15) is 0 Å². The molecule has 5 rings (SSSR count). The molecule has 2 saturated heterocycles. The van der Waals surface area contributed by atoms with Gasteiger partial charge >= 0.3 is 0 Å². The van der Waals surface area contributed by atoms with Crippen molar-refractivity contribution >= 4 is 0 Å². The number of ether oxygens (including phenoxy) is 3. The summed E-state index contributed by atoms with van der Waals surface area (Å²) < 4.78 is 45.3. The predicted molar refractivity (Wildman–Crippen MR) is 115 cm³/mol. The molecule has 174 valence electrons. The van der Waals surface area contributed by atoms with Crippen LogP contribution in [0.2, 0.25) is 0 Å². The number of hydrogen-bond donors (Lipinski definition) is 1. The number of hydrogen-bond acceptors (Lipinski definition) is 6. The lowest BCUT2D eigenvalue weighted by molar-refractivity contribution is -0.0310. The quantitative estimate of drug-likeness (QED) is 0.759. The van der Waals surface area contributed by atoms with Crippen LogP contribution in [0.25, 0.3) is 11.3 Å². The Kier molecular flexibility index (Phi) is 6.43. The van der Waals surface area contributed by atoms with E-state index in [1.54, 1.807) is 6.07 Å². The fraction of sp³-hybridized carbons (Fsp3) is 0.458. The molecule has 3 aliphatic rings. The lowest BCUT2D eigenvalue weighted by atomic mass is 9.86. The van der Waals surface area contributed by atoms with Crippen LogP contribution in [0, 0.1) is 17.6 Å². The van der Waals surface area contributed by atoms with Crippen LogP contribution in [-0.2, 0) is 27.4 Å². The molecule has 33 heavy (non-hydrogen) atoms. The second-order valence-electron chi connectivity index (χ2n) is 8.59. The molecule has 3 unspecified atom stereocenters. The third-order valence-corrected chi connectivity index (χ3v) is 6.49. The highest BCUT2D eigenvalue weighted by molar-refractivity contribution is 5.60. The number of benzene rings is 1. The number of aromatic nitrogens is 3. The Morgan fingerprint density at radius 1 is 1.06 bits per heavy atom. The molecule has 3 aliphatic heterocycles. The number of nitrogens with zero attached hydrogens (tertiary/aromatic N) is 2. The molecule has 9 heteroatoms. The Balaban J connectivity index is 1.63. The minimum Gasteiger partial charge on any atom is -0.381 e. The van der Waals surface area contributed by atoms with Crippen LogP contribution < -0.4 is 5.56 Å². The van der Waals surface area contributed by atoms with Crippen LogP contribution >= 0.6 is 0 Å². The molecule has 0 bridgehead atoms. The molecule has 1 aromatic heterocycles. The summed E-state index contributed by atoms with van der Waals surface area (Å²) in [5.41, 5.74) is 1.50. The second kappa shape index (κ2) is 9.62. The zero-order chi connectivity index (χ0) is 22.8. The van der Waals surface area contributed by atoms with Gasteiger partial charge in [0.1, 0.15) is 11.6 Å². The van der Waals surface area contributed by atoms with Crippen LogP contribution in [0.1, 0.15) is 42.1 Å². The zero-order valence-corrected chi connectivity index (χ0v) is 18.1. The number of nitrogens with one attached hydrogen (secondary N) is 1. The Labute approximate surface area is 189 Å². The SMILES string of the molecule is O=c1[nH]cnc(C2CCOC(C3CCOC3)C2)cc(-c2ccc(F)cc2F)nc2c1COC2. The van der Waals surface area contributed by atoms with Crippen molar-refractivity contribution < 1.29 is 23.0 Å². The summed E-state index contributed by atoms with van der Waals surface area (Å²) in [6.07, 6.45) is 3.84. The van der Waals surface area contributed by atoms with Gasteiger partial charge in [0.05, 0.1) is 49.2 Å². The zero-order valence-electron chi connectivity index (χ0n) is 18.1. The average molecular weight is 457 g/mol. The van der Waals surface area contributed by atoms with E-state index in [2.05, 4.69) is 15.0 Å². The van der Waals surface area contributed by atoms with Gasteiger partial charge in [-0.1, -0.05) is 0 Å².